The van der Waals surface area contributed by atoms with Crippen molar-refractivity contribution in [2.75, 3.05) is 0 Å². The quantitative estimate of drug-likeness (QED) is 0.746. The molecule has 0 spiro atoms. The smallest absolute Gasteiger partial charge is 0.154 e. The highest BCUT2D eigenvalue weighted by atomic mass is 16.1. The maximum Gasteiger partial charge on any atom is 0.154 e. The maximum atomic E-state index is 11.2. The summed E-state index contributed by atoms with van der Waals surface area (Å²) >= 11 is 0. The van der Waals surface area contributed by atoms with Crippen molar-refractivity contribution in [1.82, 2.24) is 0 Å². The van der Waals surface area contributed by atoms with Gasteiger partial charge in [-0.3, -0.25) is 9.59 Å². The van der Waals surface area contributed by atoms with E-state index in [-0.39, 0.29) is 24.0 Å². The standard InChI is InChI=1S/C8H13NO.C7H14O.CH4/c1-6(5-9)7(10)8(2,3)4;1-5-6(8)7(2,3)4;/h6H,1-4H3;5H2,1-4H3;1H4. The lowest BCUT2D eigenvalue weighted by Gasteiger charge is -2.17. The van der Waals surface area contributed by atoms with E-state index >= 15 is 0 Å². The molecule has 0 rings (SSSR count). The molecule has 0 aliphatic rings. The average Bonchev–Trinajstić information content (AvgIpc) is 2.24. The Morgan fingerprint density at radius 3 is 1.47 bits per heavy atom. The molecule has 0 saturated heterocycles. The molecule has 0 aliphatic carbocycles. The van der Waals surface area contributed by atoms with Crippen LogP contribution in [0, 0.1) is 28.1 Å². The van der Waals surface area contributed by atoms with Crippen LogP contribution in [-0.2, 0) is 9.59 Å². The number of nitrogens with zero attached hydrogens (tertiary/aromatic N) is 1. The van der Waals surface area contributed by atoms with Gasteiger partial charge in [-0.05, 0) is 6.92 Å². The lowest BCUT2D eigenvalue weighted by Crippen LogP contribution is -2.25. The maximum absolute atomic E-state index is 11.2. The SMILES string of the molecule is C.CC(C#N)C(=O)C(C)(C)C.CCC(=O)C(C)(C)C. The lowest BCUT2D eigenvalue weighted by atomic mass is 9.84. The van der Waals surface area contributed by atoms with Crippen molar-refractivity contribution >= 4 is 11.6 Å². The zero-order chi connectivity index (χ0) is 15.1. The van der Waals surface area contributed by atoms with Gasteiger partial charge >= 0.3 is 0 Å². The summed E-state index contributed by atoms with van der Waals surface area (Å²) in [7, 11) is 0. The highest BCUT2D eigenvalue weighted by molar-refractivity contribution is 5.87. The highest BCUT2D eigenvalue weighted by Gasteiger charge is 2.26. The minimum absolute atomic E-state index is 0. The molecule has 0 radical (unpaired) electrons. The molecule has 19 heavy (non-hydrogen) atoms. The van der Waals surface area contributed by atoms with E-state index in [4.69, 9.17) is 5.26 Å². The number of nitriles is 1. The van der Waals surface area contributed by atoms with Gasteiger partial charge in [0, 0.05) is 17.3 Å². The van der Waals surface area contributed by atoms with E-state index in [1.807, 2.05) is 54.5 Å². The fourth-order valence-electron chi connectivity index (χ4n) is 1.24. The summed E-state index contributed by atoms with van der Waals surface area (Å²) in [6.07, 6.45) is 0.656. The number of ketones is 2. The molecule has 0 aromatic rings. The van der Waals surface area contributed by atoms with Gasteiger partial charge in [0.05, 0.1) is 6.07 Å². The lowest BCUT2D eigenvalue weighted by molar-refractivity contribution is -0.128. The summed E-state index contributed by atoms with van der Waals surface area (Å²) in [5, 5.41) is 8.40. The van der Waals surface area contributed by atoms with Crippen LogP contribution in [0.1, 0.15) is 69.2 Å². The Kier molecular flexibility index (Phi) is 10.7. The third-order valence-electron chi connectivity index (χ3n) is 2.48. The highest BCUT2D eigenvalue weighted by Crippen LogP contribution is 2.19. The first-order chi connectivity index (χ1) is 7.87. The minimum Gasteiger partial charge on any atom is -0.299 e. The van der Waals surface area contributed by atoms with Crippen molar-refractivity contribution in [3.8, 4) is 6.07 Å². The Labute approximate surface area is 119 Å². The molecule has 112 valence electrons. The van der Waals surface area contributed by atoms with Gasteiger partial charge in [0.25, 0.3) is 0 Å². The van der Waals surface area contributed by atoms with Crippen LogP contribution in [0.2, 0.25) is 0 Å². The number of hydrogen-bond donors (Lipinski definition) is 0. The van der Waals surface area contributed by atoms with Gasteiger partial charge in [-0.25, -0.2) is 0 Å². The Morgan fingerprint density at radius 2 is 1.42 bits per heavy atom. The molecule has 0 aromatic carbocycles. The summed E-state index contributed by atoms with van der Waals surface area (Å²) in [5.41, 5.74) is -0.510. The summed E-state index contributed by atoms with van der Waals surface area (Å²) in [6, 6.07) is 1.92. The summed E-state index contributed by atoms with van der Waals surface area (Å²) < 4.78 is 0. The molecule has 1 atom stereocenters. The van der Waals surface area contributed by atoms with Gasteiger partial charge in [-0.2, -0.15) is 5.26 Å². The normalized spacial score (nSPS) is 12.2. The molecule has 3 heteroatoms. The van der Waals surface area contributed by atoms with E-state index < -0.39 is 5.92 Å². The zero-order valence-electron chi connectivity index (χ0n) is 13.0. The predicted octanol–water partition coefficient (Wildman–Crippen LogP) is 4.41. The third kappa shape index (κ3) is 10.4. The second kappa shape index (κ2) is 8.85. The van der Waals surface area contributed by atoms with Gasteiger partial charge in [-0.1, -0.05) is 55.9 Å². The molecule has 0 saturated carbocycles. The van der Waals surface area contributed by atoms with E-state index in [0.29, 0.717) is 12.2 Å². The van der Waals surface area contributed by atoms with Crippen molar-refractivity contribution in [3.63, 3.8) is 0 Å². The topological polar surface area (TPSA) is 57.9 Å². The number of rotatable bonds is 2. The van der Waals surface area contributed by atoms with Crippen LogP contribution in [0.15, 0.2) is 0 Å². The molecule has 0 fully saturated rings. The second-order valence-corrected chi connectivity index (χ2v) is 6.49. The molecule has 1 unspecified atom stereocenters. The number of carbonyl (C=O) groups is 2. The largest absolute Gasteiger partial charge is 0.299 e. The zero-order valence-corrected chi connectivity index (χ0v) is 13.0. The van der Waals surface area contributed by atoms with Crippen molar-refractivity contribution < 1.29 is 9.59 Å². The molecule has 0 aliphatic heterocycles. The minimum atomic E-state index is -0.472. The van der Waals surface area contributed by atoms with Crippen molar-refractivity contribution in [2.45, 2.75) is 69.2 Å². The van der Waals surface area contributed by atoms with E-state index in [9.17, 15) is 9.59 Å². The van der Waals surface area contributed by atoms with Gasteiger partial charge < -0.3 is 0 Å². The molecule has 0 N–H and O–H groups in total. The molecular weight excluding hydrogens is 238 g/mol. The Balaban J connectivity index is -0.000000262. The van der Waals surface area contributed by atoms with Gasteiger partial charge in [0.15, 0.2) is 5.78 Å². The van der Waals surface area contributed by atoms with Gasteiger partial charge in [0.1, 0.15) is 11.7 Å². The molecule has 0 aromatic heterocycles. The van der Waals surface area contributed by atoms with Gasteiger partial charge in [-0.15, -0.1) is 0 Å². The first-order valence-corrected chi connectivity index (χ1v) is 6.35. The molecule has 0 amide bonds. The fraction of sp³-hybridized carbons (Fsp3) is 0.812. The number of hydrogen-bond acceptors (Lipinski definition) is 3. The third-order valence-corrected chi connectivity index (χ3v) is 2.48. The predicted molar refractivity (Wildman–Crippen MR) is 80.7 cm³/mol. The summed E-state index contributed by atoms with van der Waals surface area (Å²) in [4.78, 5) is 22.0. The molecule has 0 bridgehead atoms. The summed E-state index contributed by atoms with van der Waals surface area (Å²) in [5.74, 6) is -0.132. The van der Waals surface area contributed by atoms with Crippen LogP contribution in [0.3, 0.4) is 0 Å². The van der Waals surface area contributed by atoms with Crippen molar-refractivity contribution in [1.29, 1.82) is 5.26 Å². The van der Waals surface area contributed by atoms with Crippen LogP contribution in [-0.4, -0.2) is 11.6 Å². The monoisotopic (exact) mass is 269 g/mol. The van der Waals surface area contributed by atoms with Crippen LogP contribution in [0.5, 0.6) is 0 Å². The second-order valence-electron chi connectivity index (χ2n) is 6.49. The van der Waals surface area contributed by atoms with Crippen LogP contribution in [0.25, 0.3) is 0 Å². The van der Waals surface area contributed by atoms with Gasteiger partial charge in [0.2, 0.25) is 0 Å². The first-order valence-electron chi connectivity index (χ1n) is 6.35. The van der Waals surface area contributed by atoms with Crippen LogP contribution in [0.4, 0.5) is 0 Å². The van der Waals surface area contributed by atoms with E-state index in [1.165, 1.54) is 0 Å². The van der Waals surface area contributed by atoms with E-state index in [2.05, 4.69) is 0 Å². The first kappa shape index (κ1) is 23.0. The van der Waals surface area contributed by atoms with Crippen molar-refractivity contribution in [3.05, 3.63) is 0 Å². The Morgan fingerprint density at radius 1 is 1.05 bits per heavy atom. The average molecular weight is 269 g/mol. The van der Waals surface area contributed by atoms with Crippen LogP contribution < -0.4 is 0 Å². The van der Waals surface area contributed by atoms with E-state index in [1.54, 1.807) is 6.92 Å². The molecular formula is C16H31NO2. The van der Waals surface area contributed by atoms with E-state index in [0.717, 1.165) is 0 Å². The molecule has 0 heterocycles. The Bertz CT molecular complexity index is 324. The number of carbonyl (C=O) groups excluding carboxylic acids is 2. The van der Waals surface area contributed by atoms with Crippen molar-refractivity contribution in [2.24, 2.45) is 16.7 Å². The summed E-state index contributed by atoms with van der Waals surface area (Å²) in [6.45, 7) is 14.8. The Hall–Kier alpha value is -1.17. The van der Waals surface area contributed by atoms with Crippen LogP contribution >= 0.6 is 0 Å². The number of Topliss-reactive ketones (excluding diaryl/α,β-unsaturated/α-hetero) is 2. The fourth-order valence-corrected chi connectivity index (χ4v) is 1.24. The molecule has 3 nitrogen and oxygen atoms in total.